The zero-order valence-electron chi connectivity index (χ0n) is 8.10. The van der Waals surface area contributed by atoms with Crippen molar-refractivity contribution in [3.8, 4) is 11.6 Å². The van der Waals surface area contributed by atoms with E-state index < -0.39 is 0 Å². The average Bonchev–Trinajstić information content (AvgIpc) is 2.22. The number of aromatic nitrogens is 3. The molecule has 2 aromatic heterocycles. The van der Waals surface area contributed by atoms with Crippen LogP contribution < -0.4 is 10.3 Å². The van der Waals surface area contributed by atoms with E-state index in [1.807, 2.05) is 13.0 Å². The number of H-pyrrole nitrogens is 1. The van der Waals surface area contributed by atoms with Crippen molar-refractivity contribution < 1.29 is 4.74 Å². The Morgan fingerprint density at radius 1 is 1.33 bits per heavy atom. The van der Waals surface area contributed by atoms with E-state index in [2.05, 4.69) is 15.0 Å². The summed E-state index contributed by atoms with van der Waals surface area (Å²) < 4.78 is 5.32. The number of rotatable bonds is 2. The first-order chi connectivity index (χ1) is 7.24. The lowest BCUT2D eigenvalue weighted by molar-refractivity contribution is 0.458. The van der Waals surface area contributed by atoms with Crippen LogP contribution in [0.5, 0.6) is 11.6 Å². The van der Waals surface area contributed by atoms with Gasteiger partial charge in [0.05, 0.1) is 18.6 Å². The predicted octanol–water partition coefficient (Wildman–Crippen LogP) is 1.27. The third kappa shape index (κ3) is 2.40. The highest BCUT2D eigenvalue weighted by atomic mass is 16.5. The van der Waals surface area contributed by atoms with Crippen molar-refractivity contribution >= 4 is 0 Å². The highest BCUT2D eigenvalue weighted by molar-refractivity contribution is 5.24. The van der Waals surface area contributed by atoms with Crippen molar-refractivity contribution in [3.05, 3.63) is 46.8 Å². The average molecular weight is 203 g/mol. The SMILES string of the molecule is Cc1ccc(Oc2cc(=O)[nH]cn2)cn1. The maximum absolute atomic E-state index is 10.9. The molecule has 0 aliphatic rings. The Labute approximate surface area is 85.8 Å². The molecule has 1 N–H and O–H groups in total. The number of nitrogens with one attached hydrogen (secondary N) is 1. The largest absolute Gasteiger partial charge is 0.437 e. The van der Waals surface area contributed by atoms with Crippen molar-refractivity contribution in [2.45, 2.75) is 6.92 Å². The fourth-order valence-electron chi connectivity index (χ4n) is 1.04. The summed E-state index contributed by atoms with van der Waals surface area (Å²) in [7, 11) is 0. The molecule has 0 aliphatic heterocycles. The highest BCUT2D eigenvalue weighted by Crippen LogP contribution is 2.15. The summed E-state index contributed by atoms with van der Waals surface area (Å²) in [6, 6.07) is 4.87. The van der Waals surface area contributed by atoms with Gasteiger partial charge in [0, 0.05) is 5.69 Å². The maximum Gasteiger partial charge on any atom is 0.254 e. The minimum atomic E-state index is -0.250. The Bertz CT molecular complexity index is 505. The number of aryl methyl sites for hydroxylation is 1. The van der Waals surface area contributed by atoms with Crippen LogP contribution in [0.3, 0.4) is 0 Å². The molecule has 76 valence electrons. The smallest absolute Gasteiger partial charge is 0.254 e. The van der Waals surface area contributed by atoms with Gasteiger partial charge in [0.25, 0.3) is 5.56 Å². The molecule has 0 saturated carbocycles. The van der Waals surface area contributed by atoms with Crippen molar-refractivity contribution in [2.75, 3.05) is 0 Å². The molecule has 0 radical (unpaired) electrons. The maximum atomic E-state index is 10.9. The molecule has 0 saturated heterocycles. The van der Waals surface area contributed by atoms with Crippen LogP contribution in [0.2, 0.25) is 0 Å². The molecule has 0 bridgehead atoms. The normalized spacial score (nSPS) is 9.93. The summed E-state index contributed by atoms with van der Waals surface area (Å²) in [4.78, 5) is 21.3. The van der Waals surface area contributed by atoms with E-state index in [1.165, 1.54) is 12.4 Å². The Morgan fingerprint density at radius 2 is 2.20 bits per heavy atom. The number of nitrogens with zero attached hydrogens (tertiary/aromatic N) is 2. The van der Waals surface area contributed by atoms with Gasteiger partial charge in [-0.15, -0.1) is 0 Å². The van der Waals surface area contributed by atoms with Gasteiger partial charge in [0.15, 0.2) is 0 Å². The van der Waals surface area contributed by atoms with Gasteiger partial charge in [-0.3, -0.25) is 9.78 Å². The van der Waals surface area contributed by atoms with Crippen molar-refractivity contribution in [1.82, 2.24) is 15.0 Å². The molecule has 0 unspecified atom stereocenters. The number of hydrogen-bond donors (Lipinski definition) is 1. The van der Waals surface area contributed by atoms with Gasteiger partial charge < -0.3 is 9.72 Å². The van der Waals surface area contributed by atoms with Crippen LogP contribution in [-0.4, -0.2) is 15.0 Å². The minimum absolute atomic E-state index is 0.250. The predicted molar refractivity (Wildman–Crippen MR) is 53.9 cm³/mol. The van der Waals surface area contributed by atoms with E-state index in [-0.39, 0.29) is 11.4 Å². The van der Waals surface area contributed by atoms with Gasteiger partial charge in [-0.1, -0.05) is 0 Å². The van der Waals surface area contributed by atoms with Crippen molar-refractivity contribution in [1.29, 1.82) is 0 Å². The Morgan fingerprint density at radius 3 is 2.87 bits per heavy atom. The third-order valence-corrected chi connectivity index (χ3v) is 1.76. The van der Waals surface area contributed by atoms with Crippen molar-refractivity contribution in [3.63, 3.8) is 0 Å². The van der Waals surface area contributed by atoms with Gasteiger partial charge >= 0.3 is 0 Å². The molecule has 0 atom stereocenters. The molecule has 5 heteroatoms. The van der Waals surface area contributed by atoms with E-state index in [4.69, 9.17) is 4.74 Å². The number of ether oxygens (including phenoxy) is 1. The van der Waals surface area contributed by atoms with E-state index in [9.17, 15) is 4.79 Å². The molecule has 0 spiro atoms. The monoisotopic (exact) mass is 203 g/mol. The zero-order chi connectivity index (χ0) is 10.7. The van der Waals surface area contributed by atoms with Gasteiger partial charge in [0.1, 0.15) is 5.75 Å². The summed E-state index contributed by atoms with van der Waals surface area (Å²) >= 11 is 0. The lowest BCUT2D eigenvalue weighted by Crippen LogP contribution is -2.04. The molecule has 0 aromatic carbocycles. The second-order valence-electron chi connectivity index (χ2n) is 2.99. The summed E-state index contributed by atoms with van der Waals surface area (Å²) in [5, 5.41) is 0. The van der Waals surface area contributed by atoms with E-state index >= 15 is 0 Å². The highest BCUT2D eigenvalue weighted by Gasteiger charge is 1.98. The molecule has 2 aromatic rings. The van der Waals surface area contributed by atoms with Crippen LogP contribution in [0.15, 0.2) is 35.5 Å². The van der Waals surface area contributed by atoms with Crippen LogP contribution in [0.25, 0.3) is 0 Å². The van der Waals surface area contributed by atoms with Gasteiger partial charge in [0.2, 0.25) is 5.88 Å². The Balaban J connectivity index is 2.22. The van der Waals surface area contributed by atoms with Gasteiger partial charge in [-0.25, -0.2) is 4.98 Å². The topological polar surface area (TPSA) is 67.9 Å². The fraction of sp³-hybridized carbons (Fsp3) is 0.100. The van der Waals surface area contributed by atoms with E-state index in [1.54, 1.807) is 12.3 Å². The third-order valence-electron chi connectivity index (χ3n) is 1.76. The van der Waals surface area contributed by atoms with Crippen LogP contribution >= 0.6 is 0 Å². The van der Waals surface area contributed by atoms with Crippen LogP contribution in [0, 0.1) is 6.92 Å². The van der Waals surface area contributed by atoms with E-state index in [0.29, 0.717) is 5.75 Å². The minimum Gasteiger partial charge on any atom is -0.437 e. The molecule has 2 rings (SSSR count). The van der Waals surface area contributed by atoms with Crippen LogP contribution in [-0.2, 0) is 0 Å². The van der Waals surface area contributed by atoms with Crippen molar-refractivity contribution in [2.24, 2.45) is 0 Å². The second-order valence-corrected chi connectivity index (χ2v) is 2.99. The number of pyridine rings is 1. The first kappa shape index (κ1) is 9.39. The molecule has 0 amide bonds. The number of hydrogen-bond acceptors (Lipinski definition) is 4. The first-order valence-corrected chi connectivity index (χ1v) is 4.39. The molecule has 5 nitrogen and oxygen atoms in total. The summed E-state index contributed by atoms with van der Waals surface area (Å²) in [5.74, 6) is 0.808. The van der Waals surface area contributed by atoms with E-state index in [0.717, 1.165) is 5.69 Å². The van der Waals surface area contributed by atoms with Gasteiger partial charge in [-0.2, -0.15) is 0 Å². The molecule has 0 fully saturated rings. The first-order valence-electron chi connectivity index (χ1n) is 4.39. The summed E-state index contributed by atoms with van der Waals surface area (Å²) in [5.41, 5.74) is 0.654. The Hall–Kier alpha value is -2.17. The van der Waals surface area contributed by atoms with Gasteiger partial charge in [-0.05, 0) is 19.1 Å². The summed E-state index contributed by atoms with van der Waals surface area (Å²) in [6.07, 6.45) is 2.87. The fourth-order valence-corrected chi connectivity index (χ4v) is 1.04. The van der Waals surface area contributed by atoms with Crippen LogP contribution in [0.1, 0.15) is 5.69 Å². The number of aromatic amines is 1. The molecule has 0 aliphatic carbocycles. The summed E-state index contributed by atoms with van der Waals surface area (Å²) in [6.45, 7) is 1.88. The lowest BCUT2D eigenvalue weighted by Gasteiger charge is -2.02. The molecule has 15 heavy (non-hydrogen) atoms. The molecule has 2 heterocycles. The quantitative estimate of drug-likeness (QED) is 0.797. The lowest BCUT2D eigenvalue weighted by atomic mass is 10.4. The Kier molecular flexibility index (Phi) is 2.45. The molecular formula is C10H9N3O2. The second kappa shape index (κ2) is 3.91. The zero-order valence-corrected chi connectivity index (χ0v) is 8.10. The molecular weight excluding hydrogens is 194 g/mol. The van der Waals surface area contributed by atoms with Crippen LogP contribution in [0.4, 0.5) is 0 Å². The standard InChI is InChI=1S/C10H9N3O2/c1-7-2-3-8(5-11-7)15-10-4-9(14)12-6-13-10/h2-6H,1H3,(H,12,13,14).